The van der Waals surface area contributed by atoms with Crippen molar-refractivity contribution in [1.29, 1.82) is 0 Å². The summed E-state index contributed by atoms with van der Waals surface area (Å²) >= 11 is 0. The molecule has 1 amide bonds. The molecule has 0 saturated heterocycles. The molecule has 2 aromatic heterocycles. The highest BCUT2D eigenvalue weighted by Gasteiger charge is 2.19. The van der Waals surface area contributed by atoms with Crippen molar-refractivity contribution in [3.63, 3.8) is 0 Å². The molecule has 2 aromatic carbocycles. The third kappa shape index (κ3) is 4.56. The number of carbonyl (C=O) groups is 1. The highest BCUT2D eigenvalue weighted by atomic mass is 16.1. The molecule has 0 spiro atoms. The number of nitrogens with one attached hydrogen (secondary N) is 1. The molecular formula is C25H26N6O. The fourth-order valence-electron chi connectivity index (χ4n) is 3.63. The van der Waals surface area contributed by atoms with Crippen LogP contribution in [0.15, 0.2) is 67.3 Å². The van der Waals surface area contributed by atoms with E-state index in [1.54, 1.807) is 24.8 Å². The fourth-order valence-corrected chi connectivity index (χ4v) is 3.63. The van der Waals surface area contributed by atoms with Crippen molar-refractivity contribution in [2.45, 2.75) is 33.1 Å². The highest BCUT2D eigenvalue weighted by molar-refractivity contribution is 5.98. The number of carbonyl (C=O) groups excluding carboxylic acids is 1. The maximum absolute atomic E-state index is 13.2. The zero-order valence-corrected chi connectivity index (χ0v) is 18.5. The van der Waals surface area contributed by atoms with Gasteiger partial charge in [0.25, 0.3) is 5.91 Å². The van der Waals surface area contributed by atoms with Gasteiger partial charge >= 0.3 is 0 Å². The Hall–Kier alpha value is -3.87. The van der Waals surface area contributed by atoms with Crippen LogP contribution in [0.1, 0.15) is 47.1 Å². The van der Waals surface area contributed by atoms with Gasteiger partial charge in [-0.05, 0) is 41.7 Å². The van der Waals surface area contributed by atoms with E-state index in [-0.39, 0.29) is 11.8 Å². The van der Waals surface area contributed by atoms with Gasteiger partial charge in [-0.3, -0.25) is 14.8 Å². The Balaban J connectivity index is 1.70. The molecule has 0 aliphatic rings. The summed E-state index contributed by atoms with van der Waals surface area (Å²) in [4.78, 5) is 21.5. The molecule has 0 unspecified atom stereocenters. The van der Waals surface area contributed by atoms with Crippen LogP contribution in [0.5, 0.6) is 0 Å². The predicted molar refractivity (Wildman–Crippen MR) is 124 cm³/mol. The van der Waals surface area contributed by atoms with E-state index in [4.69, 9.17) is 0 Å². The largest absolute Gasteiger partial charge is 0.352 e. The zero-order valence-electron chi connectivity index (χ0n) is 18.5. The Bertz CT molecular complexity index is 1200. The molecular weight excluding hydrogens is 400 g/mol. The number of rotatable bonds is 7. The second-order valence-electron chi connectivity index (χ2n) is 7.96. The summed E-state index contributed by atoms with van der Waals surface area (Å²) in [7, 11) is 0. The maximum Gasteiger partial charge on any atom is 0.251 e. The average molecular weight is 427 g/mol. The van der Waals surface area contributed by atoms with Crippen LogP contribution >= 0.6 is 0 Å². The lowest BCUT2D eigenvalue weighted by molar-refractivity contribution is 0.0953. The first kappa shape index (κ1) is 21.4. The normalized spacial score (nSPS) is 11.0. The topological polar surface area (TPSA) is 85.6 Å². The first-order valence-corrected chi connectivity index (χ1v) is 10.7. The Morgan fingerprint density at radius 1 is 1.06 bits per heavy atom. The Morgan fingerprint density at radius 3 is 2.59 bits per heavy atom. The Morgan fingerprint density at radius 2 is 1.88 bits per heavy atom. The maximum atomic E-state index is 13.2. The van der Waals surface area contributed by atoms with Crippen molar-refractivity contribution in [2.24, 2.45) is 0 Å². The van der Waals surface area contributed by atoms with Gasteiger partial charge < -0.3 is 5.32 Å². The molecule has 0 aliphatic carbocycles. The van der Waals surface area contributed by atoms with Crippen molar-refractivity contribution in [2.75, 3.05) is 6.54 Å². The number of amides is 1. The van der Waals surface area contributed by atoms with Crippen molar-refractivity contribution in [3.8, 4) is 16.8 Å². The van der Waals surface area contributed by atoms with Crippen molar-refractivity contribution in [3.05, 3.63) is 89.8 Å². The molecule has 32 heavy (non-hydrogen) atoms. The molecule has 0 bridgehead atoms. The Kier molecular flexibility index (Phi) is 6.35. The summed E-state index contributed by atoms with van der Waals surface area (Å²) in [6.07, 6.45) is 7.40. The molecule has 2 heterocycles. The van der Waals surface area contributed by atoms with E-state index in [0.29, 0.717) is 18.5 Å². The van der Waals surface area contributed by atoms with Crippen LogP contribution in [-0.2, 0) is 6.42 Å². The van der Waals surface area contributed by atoms with Crippen molar-refractivity contribution < 1.29 is 4.79 Å². The molecule has 0 radical (unpaired) electrons. The monoisotopic (exact) mass is 426 g/mol. The van der Waals surface area contributed by atoms with Gasteiger partial charge in [-0.25, -0.2) is 4.68 Å². The predicted octanol–water partition coefficient (Wildman–Crippen LogP) is 4.13. The minimum atomic E-state index is -0.128. The van der Waals surface area contributed by atoms with Crippen LogP contribution in [0.3, 0.4) is 0 Å². The average Bonchev–Trinajstić information content (AvgIpc) is 3.30. The standard InChI is InChI=1S/C25H26N6O/c1-17(2)24-16-29-30-31(24)23-14-20(19-7-5-4-6-8-19)13-22(18(23)3)25(32)28-10-9-21-15-26-11-12-27-21/h4-8,11-17H,9-10H2,1-3H3,(H,28,32). The quantitative estimate of drug-likeness (QED) is 0.480. The van der Waals surface area contributed by atoms with E-state index in [2.05, 4.69) is 45.5 Å². The molecule has 7 nitrogen and oxygen atoms in total. The van der Waals surface area contributed by atoms with E-state index in [0.717, 1.165) is 33.8 Å². The van der Waals surface area contributed by atoms with Crippen molar-refractivity contribution in [1.82, 2.24) is 30.3 Å². The van der Waals surface area contributed by atoms with E-state index >= 15 is 0 Å². The molecule has 162 valence electrons. The van der Waals surface area contributed by atoms with Gasteiger partial charge in [0.05, 0.1) is 23.3 Å². The van der Waals surface area contributed by atoms with E-state index < -0.39 is 0 Å². The van der Waals surface area contributed by atoms with Crippen LogP contribution in [0.25, 0.3) is 16.8 Å². The lowest BCUT2D eigenvalue weighted by Crippen LogP contribution is -2.27. The summed E-state index contributed by atoms with van der Waals surface area (Å²) < 4.78 is 1.84. The van der Waals surface area contributed by atoms with Gasteiger partial charge in [-0.1, -0.05) is 49.4 Å². The summed E-state index contributed by atoms with van der Waals surface area (Å²) in [5.41, 5.74) is 6.15. The minimum Gasteiger partial charge on any atom is -0.352 e. The minimum absolute atomic E-state index is 0.128. The molecule has 7 heteroatoms. The first-order valence-electron chi connectivity index (χ1n) is 10.7. The number of nitrogens with zero attached hydrogens (tertiary/aromatic N) is 5. The fraction of sp³-hybridized carbons (Fsp3) is 0.240. The van der Waals surface area contributed by atoms with Gasteiger partial charge in [-0.2, -0.15) is 0 Å². The number of aromatic nitrogens is 5. The second kappa shape index (κ2) is 9.51. The third-order valence-corrected chi connectivity index (χ3v) is 5.41. The summed E-state index contributed by atoms with van der Waals surface area (Å²) in [6, 6.07) is 14.0. The lowest BCUT2D eigenvalue weighted by atomic mass is 9.97. The van der Waals surface area contributed by atoms with Crippen LogP contribution in [0, 0.1) is 6.92 Å². The zero-order chi connectivity index (χ0) is 22.5. The lowest BCUT2D eigenvalue weighted by Gasteiger charge is -2.17. The third-order valence-electron chi connectivity index (χ3n) is 5.41. The Labute approximate surface area is 187 Å². The smallest absolute Gasteiger partial charge is 0.251 e. The van der Waals surface area contributed by atoms with Crippen LogP contribution < -0.4 is 5.32 Å². The molecule has 4 aromatic rings. The summed E-state index contributed by atoms with van der Waals surface area (Å²) in [6.45, 7) is 6.63. The molecule has 0 atom stereocenters. The molecule has 0 fully saturated rings. The van der Waals surface area contributed by atoms with Gasteiger partial charge in [0.15, 0.2) is 0 Å². The van der Waals surface area contributed by atoms with Crippen LogP contribution in [0.4, 0.5) is 0 Å². The first-order chi connectivity index (χ1) is 15.5. The van der Waals surface area contributed by atoms with Crippen LogP contribution in [0.2, 0.25) is 0 Å². The van der Waals surface area contributed by atoms with E-state index in [9.17, 15) is 4.79 Å². The number of benzene rings is 2. The number of hydrogen-bond acceptors (Lipinski definition) is 5. The SMILES string of the molecule is Cc1c(C(=O)NCCc2cnccn2)cc(-c2ccccc2)cc1-n1nncc1C(C)C. The molecule has 4 rings (SSSR count). The van der Waals surface area contributed by atoms with Gasteiger partial charge in [0.1, 0.15) is 0 Å². The van der Waals surface area contributed by atoms with E-state index in [1.807, 2.05) is 48.0 Å². The molecule has 0 aliphatic heterocycles. The number of hydrogen-bond donors (Lipinski definition) is 1. The summed E-state index contributed by atoms with van der Waals surface area (Å²) in [5, 5.41) is 11.5. The molecule has 1 N–H and O–H groups in total. The molecule has 0 saturated carbocycles. The van der Waals surface area contributed by atoms with Gasteiger partial charge in [0, 0.05) is 37.1 Å². The van der Waals surface area contributed by atoms with Gasteiger partial charge in [-0.15, -0.1) is 5.10 Å². The highest BCUT2D eigenvalue weighted by Crippen LogP contribution is 2.29. The van der Waals surface area contributed by atoms with Crippen LogP contribution in [-0.4, -0.2) is 37.4 Å². The second-order valence-corrected chi connectivity index (χ2v) is 7.96. The van der Waals surface area contributed by atoms with Gasteiger partial charge in [0.2, 0.25) is 0 Å². The van der Waals surface area contributed by atoms with E-state index in [1.165, 1.54) is 0 Å². The van der Waals surface area contributed by atoms with Crippen molar-refractivity contribution >= 4 is 5.91 Å². The summed E-state index contributed by atoms with van der Waals surface area (Å²) in [5.74, 6) is 0.116.